The molecule has 0 amide bonds. The fraction of sp³-hybridized carbons (Fsp3) is 0.609. The molecular weight excluding hydrogens is 338 g/mol. The number of phenols is 1. The highest BCUT2D eigenvalue weighted by Crippen LogP contribution is 2.42. The normalized spacial score (nSPS) is 20.7. The summed E-state index contributed by atoms with van der Waals surface area (Å²) in [5.74, 6) is 0.998. The van der Waals surface area contributed by atoms with Crippen LogP contribution in [0, 0.1) is 5.92 Å². The summed E-state index contributed by atoms with van der Waals surface area (Å²) in [6.45, 7) is 7.32. The largest absolute Gasteiger partial charge is 0.504 e. The van der Waals surface area contributed by atoms with Crippen molar-refractivity contribution in [1.82, 2.24) is 4.90 Å². The SMILES string of the molecule is CC(C)=CCCN1CC[C@@H](CC(=O)Oc2cccc(C3CCCC3)c2O)C1. The smallest absolute Gasteiger partial charge is 0.311 e. The number of aromatic hydroxyl groups is 1. The molecule has 0 aromatic heterocycles. The maximum atomic E-state index is 12.4. The highest BCUT2D eigenvalue weighted by molar-refractivity contribution is 5.73. The molecule has 1 aromatic carbocycles. The first-order chi connectivity index (χ1) is 13.0. The summed E-state index contributed by atoms with van der Waals surface area (Å²) in [4.78, 5) is 14.8. The highest BCUT2D eigenvalue weighted by Gasteiger charge is 2.26. The molecule has 3 rings (SSSR count). The Labute approximate surface area is 163 Å². The van der Waals surface area contributed by atoms with E-state index in [1.165, 1.54) is 18.4 Å². The third-order valence-corrected chi connectivity index (χ3v) is 5.87. The molecule has 0 radical (unpaired) electrons. The lowest BCUT2D eigenvalue weighted by molar-refractivity contribution is -0.135. The predicted octanol–water partition coefficient (Wildman–Crippen LogP) is 5.02. The van der Waals surface area contributed by atoms with Crippen molar-refractivity contribution in [2.24, 2.45) is 5.92 Å². The molecule has 0 unspecified atom stereocenters. The van der Waals surface area contributed by atoms with Gasteiger partial charge in [-0.15, -0.1) is 0 Å². The Balaban J connectivity index is 1.50. The van der Waals surface area contributed by atoms with Crippen LogP contribution < -0.4 is 4.74 Å². The number of nitrogens with zero attached hydrogens (tertiary/aromatic N) is 1. The van der Waals surface area contributed by atoms with Crippen LogP contribution in [0.1, 0.15) is 70.3 Å². The lowest BCUT2D eigenvalue weighted by Gasteiger charge is -2.16. The number of likely N-dealkylation sites (tertiary alicyclic amines) is 1. The van der Waals surface area contributed by atoms with Crippen molar-refractivity contribution >= 4 is 5.97 Å². The molecule has 4 nitrogen and oxygen atoms in total. The van der Waals surface area contributed by atoms with Gasteiger partial charge in [0, 0.05) is 18.7 Å². The average molecular weight is 372 g/mol. The molecule has 1 saturated heterocycles. The molecule has 2 aliphatic rings. The molecule has 27 heavy (non-hydrogen) atoms. The Morgan fingerprint density at radius 2 is 2.04 bits per heavy atom. The van der Waals surface area contributed by atoms with E-state index in [1.807, 2.05) is 12.1 Å². The first-order valence-corrected chi connectivity index (χ1v) is 10.4. The standard InChI is InChI=1S/C23H33NO3/c1-17(2)7-6-13-24-14-12-18(16-24)15-22(25)27-21-11-5-10-20(23(21)26)19-8-3-4-9-19/h5,7,10-11,18-19,26H,3-4,6,8-9,12-16H2,1-2H3/t18-/m0/s1. The van der Waals surface area contributed by atoms with Gasteiger partial charge in [-0.25, -0.2) is 0 Å². The van der Waals surface area contributed by atoms with Crippen LogP contribution >= 0.6 is 0 Å². The van der Waals surface area contributed by atoms with Crippen molar-refractivity contribution in [3.63, 3.8) is 0 Å². The Hall–Kier alpha value is -1.81. The number of hydrogen-bond donors (Lipinski definition) is 1. The summed E-state index contributed by atoms with van der Waals surface area (Å²) in [6, 6.07) is 5.55. The average Bonchev–Trinajstić information content (AvgIpc) is 3.29. The molecule has 1 atom stereocenters. The van der Waals surface area contributed by atoms with Gasteiger partial charge in [0.2, 0.25) is 0 Å². The zero-order chi connectivity index (χ0) is 19.2. The number of carbonyl (C=O) groups is 1. The van der Waals surface area contributed by atoms with Crippen LogP contribution in [0.4, 0.5) is 0 Å². The zero-order valence-electron chi connectivity index (χ0n) is 16.7. The number of hydrogen-bond acceptors (Lipinski definition) is 4. The van der Waals surface area contributed by atoms with E-state index in [-0.39, 0.29) is 11.7 Å². The molecule has 0 spiro atoms. The van der Waals surface area contributed by atoms with Gasteiger partial charge in [0.05, 0.1) is 6.42 Å². The number of benzene rings is 1. The topological polar surface area (TPSA) is 49.8 Å². The third-order valence-electron chi connectivity index (χ3n) is 5.87. The summed E-state index contributed by atoms with van der Waals surface area (Å²) in [7, 11) is 0. The Kier molecular flexibility index (Phi) is 6.95. The van der Waals surface area contributed by atoms with Crippen LogP contribution in [0.3, 0.4) is 0 Å². The minimum atomic E-state index is -0.231. The highest BCUT2D eigenvalue weighted by atomic mass is 16.5. The fourth-order valence-electron chi connectivity index (χ4n) is 4.41. The summed E-state index contributed by atoms with van der Waals surface area (Å²) in [5.41, 5.74) is 2.29. The Morgan fingerprint density at radius 3 is 2.78 bits per heavy atom. The maximum absolute atomic E-state index is 12.4. The Bertz CT molecular complexity index is 672. The molecule has 1 saturated carbocycles. The predicted molar refractivity (Wildman–Crippen MR) is 108 cm³/mol. The van der Waals surface area contributed by atoms with E-state index < -0.39 is 0 Å². The number of esters is 1. The van der Waals surface area contributed by atoms with Crippen LogP contribution in [0.25, 0.3) is 0 Å². The number of phenolic OH excluding ortho intramolecular Hbond substituents is 1. The minimum absolute atomic E-state index is 0.160. The van der Waals surface area contributed by atoms with Gasteiger partial charge in [-0.2, -0.15) is 0 Å². The van der Waals surface area contributed by atoms with Gasteiger partial charge < -0.3 is 14.7 Å². The number of allylic oxidation sites excluding steroid dienone is 1. The van der Waals surface area contributed by atoms with Gasteiger partial charge in [0.25, 0.3) is 0 Å². The van der Waals surface area contributed by atoms with Crippen molar-refractivity contribution in [2.75, 3.05) is 19.6 Å². The number of para-hydroxylation sites is 1. The van der Waals surface area contributed by atoms with E-state index in [1.54, 1.807) is 6.07 Å². The van der Waals surface area contributed by atoms with Crippen LogP contribution in [-0.4, -0.2) is 35.6 Å². The zero-order valence-corrected chi connectivity index (χ0v) is 16.7. The van der Waals surface area contributed by atoms with Gasteiger partial charge in [-0.1, -0.05) is 36.6 Å². The van der Waals surface area contributed by atoms with E-state index in [4.69, 9.17) is 4.74 Å². The van der Waals surface area contributed by atoms with Crippen LogP contribution in [0.5, 0.6) is 11.5 Å². The second-order valence-corrected chi connectivity index (χ2v) is 8.38. The van der Waals surface area contributed by atoms with E-state index in [9.17, 15) is 9.90 Å². The number of rotatable bonds is 7. The molecule has 148 valence electrons. The summed E-state index contributed by atoms with van der Waals surface area (Å²) in [5, 5.41) is 10.6. The minimum Gasteiger partial charge on any atom is -0.504 e. The number of ether oxygens (including phenoxy) is 1. The van der Waals surface area contributed by atoms with Crippen molar-refractivity contribution < 1.29 is 14.6 Å². The first-order valence-electron chi connectivity index (χ1n) is 10.4. The third kappa shape index (κ3) is 5.58. The van der Waals surface area contributed by atoms with E-state index in [0.717, 1.165) is 50.9 Å². The van der Waals surface area contributed by atoms with Gasteiger partial charge in [0.15, 0.2) is 11.5 Å². The quantitative estimate of drug-likeness (QED) is 0.415. The lowest BCUT2D eigenvalue weighted by Crippen LogP contribution is -2.23. The van der Waals surface area contributed by atoms with E-state index in [0.29, 0.717) is 24.0 Å². The van der Waals surface area contributed by atoms with Crippen LogP contribution in [0.2, 0.25) is 0 Å². The van der Waals surface area contributed by atoms with Gasteiger partial charge >= 0.3 is 5.97 Å². The lowest BCUT2D eigenvalue weighted by atomic mass is 9.96. The second-order valence-electron chi connectivity index (χ2n) is 8.38. The summed E-state index contributed by atoms with van der Waals surface area (Å²) >= 11 is 0. The number of carbonyl (C=O) groups excluding carboxylic acids is 1. The molecule has 4 heteroatoms. The molecule has 1 aliphatic carbocycles. The fourth-order valence-corrected chi connectivity index (χ4v) is 4.41. The Morgan fingerprint density at radius 1 is 1.26 bits per heavy atom. The molecule has 1 aliphatic heterocycles. The molecule has 1 aromatic rings. The van der Waals surface area contributed by atoms with Crippen molar-refractivity contribution in [2.45, 2.75) is 64.7 Å². The molecule has 0 bridgehead atoms. The second kappa shape index (κ2) is 9.41. The van der Waals surface area contributed by atoms with Crippen molar-refractivity contribution in [1.29, 1.82) is 0 Å². The summed E-state index contributed by atoms with van der Waals surface area (Å²) < 4.78 is 5.54. The molecule has 1 N–H and O–H groups in total. The van der Waals surface area contributed by atoms with E-state index >= 15 is 0 Å². The monoisotopic (exact) mass is 371 g/mol. The van der Waals surface area contributed by atoms with Crippen LogP contribution in [-0.2, 0) is 4.79 Å². The summed E-state index contributed by atoms with van der Waals surface area (Å²) in [6.07, 6.45) is 9.43. The van der Waals surface area contributed by atoms with E-state index in [2.05, 4.69) is 24.8 Å². The molecule has 1 heterocycles. The van der Waals surface area contributed by atoms with Crippen LogP contribution in [0.15, 0.2) is 29.8 Å². The molecule has 2 fully saturated rings. The first kappa shape index (κ1) is 19.9. The van der Waals surface area contributed by atoms with Crippen molar-refractivity contribution in [3.05, 3.63) is 35.4 Å². The van der Waals surface area contributed by atoms with Gasteiger partial charge in [-0.3, -0.25) is 4.79 Å². The van der Waals surface area contributed by atoms with Crippen molar-refractivity contribution in [3.8, 4) is 11.5 Å². The molecular formula is C23H33NO3. The maximum Gasteiger partial charge on any atom is 0.311 e. The van der Waals surface area contributed by atoms with Gasteiger partial charge in [0.1, 0.15) is 0 Å². The van der Waals surface area contributed by atoms with Gasteiger partial charge in [-0.05, 0) is 64.0 Å².